The van der Waals surface area contributed by atoms with Crippen LogP contribution in [-0.2, 0) is 4.74 Å². The van der Waals surface area contributed by atoms with E-state index in [1.165, 1.54) is 12.1 Å². The number of hydrogen-bond donors (Lipinski definition) is 0. The SMILES string of the molecule is CO/C(F)=C(\c1ccc(Cl)cc1)C(F)(F)F. The van der Waals surface area contributed by atoms with Crippen molar-refractivity contribution in [2.24, 2.45) is 0 Å². The van der Waals surface area contributed by atoms with E-state index in [2.05, 4.69) is 4.74 Å². The van der Waals surface area contributed by atoms with Crippen LogP contribution in [0.4, 0.5) is 17.6 Å². The molecular weight excluding hydrogens is 248 g/mol. The lowest BCUT2D eigenvalue weighted by molar-refractivity contribution is -0.0726. The number of methoxy groups -OCH3 is 1. The molecule has 0 unspecified atom stereocenters. The van der Waals surface area contributed by atoms with Gasteiger partial charge in [-0.05, 0) is 17.7 Å². The molecule has 6 heteroatoms. The summed E-state index contributed by atoms with van der Waals surface area (Å²) in [5.74, 6) is 0. The minimum Gasteiger partial charge on any atom is -0.474 e. The highest BCUT2D eigenvalue weighted by atomic mass is 35.5. The highest BCUT2D eigenvalue weighted by Crippen LogP contribution is 2.37. The fraction of sp³-hybridized carbons (Fsp3) is 0.200. The van der Waals surface area contributed by atoms with Gasteiger partial charge in [0.25, 0.3) is 6.01 Å². The van der Waals surface area contributed by atoms with Gasteiger partial charge in [0.1, 0.15) is 5.57 Å². The summed E-state index contributed by atoms with van der Waals surface area (Å²) >= 11 is 5.52. The maximum atomic E-state index is 13.0. The minimum absolute atomic E-state index is 0.267. The molecule has 0 bridgehead atoms. The number of rotatable bonds is 2. The Morgan fingerprint density at radius 1 is 1.19 bits per heavy atom. The molecule has 0 saturated heterocycles. The maximum absolute atomic E-state index is 13.0. The summed E-state index contributed by atoms with van der Waals surface area (Å²) in [6.07, 6.45) is -4.83. The van der Waals surface area contributed by atoms with Gasteiger partial charge in [-0.3, -0.25) is 0 Å². The van der Waals surface area contributed by atoms with Crippen LogP contribution in [0.2, 0.25) is 5.02 Å². The fourth-order valence-electron chi connectivity index (χ4n) is 1.11. The summed E-state index contributed by atoms with van der Waals surface area (Å²) in [5.41, 5.74) is -1.79. The topological polar surface area (TPSA) is 9.23 Å². The zero-order chi connectivity index (χ0) is 12.3. The second kappa shape index (κ2) is 4.74. The number of ether oxygens (including phenoxy) is 1. The molecule has 16 heavy (non-hydrogen) atoms. The molecule has 0 atom stereocenters. The lowest BCUT2D eigenvalue weighted by Gasteiger charge is -2.12. The monoisotopic (exact) mass is 254 g/mol. The van der Waals surface area contributed by atoms with Gasteiger partial charge in [-0.1, -0.05) is 23.7 Å². The molecule has 0 N–H and O–H groups in total. The van der Waals surface area contributed by atoms with E-state index in [-0.39, 0.29) is 10.6 Å². The van der Waals surface area contributed by atoms with Gasteiger partial charge in [-0.15, -0.1) is 0 Å². The van der Waals surface area contributed by atoms with Crippen LogP contribution in [0.5, 0.6) is 0 Å². The minimum atomic E-state index is -4.83. The van der Waals surface area contributed by atoms with Crippen molar-refractivity contribution in [3.05, 3.63) is 40.9 Å². The first-order valence-electron chi connectivity index (χ1n) is 4.13. The van der Waals surface area contributed by atoms with Crippen molar-refractivity contribution in [2.45, 2.75) is 6.18 Å². The molecule has 1 rings (SSSR count). The Bertz CT molecular complexity index is 394. The summed E-state index contributed by atoms with van der Waals surface area (Å²) in [6, 6.07) is 2.96. The predicted octanol–water partition coefficient (Wildman–Crippen LogP) is 4.19. The van der Waals surface area contributed by atoms with E-state index in [4.69, 9.17) is 11.6 Å². The van der Waals surface area contributed by atoms with Crippen molar-refractivity contribution < 1.29 is 22.3 Å². The second-order valence-electron chi connectivity index (χ2n) is 2.86. The molecule has 0 aliphatic heterocycles. The third-order valence-electron chi connectivity index (χ3n) is 1.79. The second-order valence-corrected chi connectivity index (χ2v) is 3.29. The zero-order valence-corrected chi connectivity index (χ0v) is 8.86. The first-order chi connectivity index (χ1) is 7.36. The smallest absolute Gasteiger partial charge is 0.422 e. The number of alkyl halides is 3. The molecule has 0 aliphatic rings. The highest BCUT2D eigenvalue weighted by Gasteiger charge is 2.39. The van der Waals surface area contributed by atoms with E-state index >= 15 is 0 Å². The Balaban J connectivity index is 3.29. The molecule has 0 fully saturated rings. The predicted molar refractivity (Wildman–Crippen MR) is 52.5 cm³/mol. The van der Waals surface area contributed by atoms with Crippen molar-refractivity contribution in [1.82, 2.24) is 0 Å². The molecule has 0 heterocycles. The molecule has 1 aromatic rings. The van der Waals surface area contributed by atoms with E-state index in [9.17, 15) is 17.6 Å². The summed E-state index contributed by atoms with van der Waals surface area (Å²) in [5, 5.41) is 0.267. The van der Waals surface area contributed by atoms with Crippen LogP contribution in [0.3, 0.4) is 0 Å². The van der Waals surface area contributed by atoms with Crippen LogP contribution < -0.4 is 0 Å². The van der Waals surface area contributed by atoms with Crippen LogP contribution >= 0.6 is 11.6 Å². The molecule has 0 spiro atoms. The Morgan fingerprint density at radius 3 is 2.06 bits per heavy atom. The molecule has 0 amide bonds. The fourth-order valence-corrected chi connectivity index (χ4v) is 1.23. The maximum Gasteiger partial charge on any atom is 0.422 e. The number of allylic oxidation sites excluding steroid dienone is 1. The van der Waals surface area contributed by atoms with E-state index in [1.54, 1.807) is 0 Å². The molecular formula is C10H7ClF4O. The largest absolute Gasteiger partial charge is 0.474 e. The van der Waals surface area contributed by atoms with E-state index in [0.29, 0.717) is 0 Å². The summed E-state index contributed by atoms with van der Waals surface area (Å²) in [4.78, 5) is 0. The average Bonchev–Trinajstić information content (AvgIpc) is 2.19. The lowest BCUT2D eigenvalue weighted by Crippen LogP contribution is -2.13. The van der Waals surface area contributed by atoms with Crippen molar-refractivity contribution in [3.8, 4) is 0 Å². The van der Waals surface area contributed by atoms with E-state index < -0.39 is 17.8 Å². The van der Waals surface area contributed by atoms with Crippen molar-refractivity contribution >= 4 is 17.2 Å². The summed E-state index contributed by atoms with van der Waals surface area (Å²) < 4.78 is 54.6. The van der Waals surface area contributed by atoms with Gasteiger partial charge in [0.15, 0.2) is 0 Å². The first kappa shape index (κ1) is 12.8. The molecule has 0 saturated carbocycles. The molecule has 0 aliphatic carbocycles. The van der Waals surface area contributed by atoms with Gasteiger partial charge in [-0.2, -0.15) is 17.6 Å². The third kappa shape index (κ3) is 2.88. The molecule has 88 valence electrons. The van der Waals surface area contributed by atoms with Crippen LogP contribution in [0.1, 0.15) is 5.56 Å². The Morgan fingerprint density at radius 2 is 1.69 bits per heavy atom. The van der Waals surface area contributed by atoms with Gasteiger partial charge >= 0.3 is 6.18 Å². The average molecular weight is 255 g/mol. The number of halogens is 5. The summed E-state index contributed by atoms with van der Waals surface area (Å²) in [6.45, 7) is 0. The third-order valence-corrected chi connectivity index (χ3v) is 2.04. The van der Waals surface area contributed by atoms with Crippen LogP contribution in [0.25, 0.3) is 5.57 Å². The zero-order valence-electron chi connectivity index (χ0n) is 8.11. The highest BCUT2D eigenvalue weighted by molar-refractivity contribution is 6.30. The lowest BCUT2D eigenvalue weighted by atomic mass is 10.1. The molecule has 0 aromatic heterocycles. The van der Waals surface area contributed by atoms with Crippen LogP contribution in [0, 0.1) is 0 Å². The normalized spacial score (nSPS) is 13.4. The van der Waals surface area contributed by atoms with Gasteiger partial charge in [0.05, 0.1) is 7.11 Å². The molecule has 1 nitrogen and oxygen atoms in total. The number of benzene rings is 1. The first-order valence-corrected chi connectivity index (χ1v) is 4.51. The molecule has 0 radical (unpaired) electrons. The Hall–Kier alpha value is -1.23. The quantitative estimate of drug-likeness (QED) is 0.568. The van der Waals surface area contributed by atoms with Crippen molar-refractivity contribution in [3.63, 3.8) is 0 Å². The summed E-state index contributed by atoms with van der Waals surface area (Å²) in [7, 11) is 0.830. The van der Waals surface area contributed by atoms with Crippen molar-refractivity contribution in [1.29, 1.82) is 0 Å². The Kier molecular flexibility index (Phi) is 3.80. The van der Waals surface area contributed by atoms with Gasteiger partial charge in [0, 0.05) is 5.02 Å². The standard InChI is InChI=1S/C10H7ClF4O/c1-16-9(12)8(10(13,14)15)6-2-4-7(11)5-3-6/h2-5H,1H3/b9-8+. The molecule has 1 aromatic carbocycles. The van der Waals surface area contributed by atoms with Crippen molar-refractivity contribution in [2.75, 3.05) is 7.11 Å². The van der Waals surface area contributed by atoms with Crippen LogP contribution in [0.15, 0.2) is 30.3 Å². The number of hydrogen-bond acceptors (Lipinski definition) is 1. The van der Waals surface area contributed by atoms with Crippen LogP contribution in [-0.4, -0.2) is 13.3 Å². The van der Waals surface area contributed by atoms with Gasteiger partial charge < -0.3 is 4.74 Å². The van der Waals surface area contributed by atoms with E-state index in [0.717, 1.165) is 19.2 Å². The van der Waals surface area contributed by atoms with Gasteiger partial charge in [-0.25, -0.2) is 0 Å². The Labute approximate surface area is 94.3 Å². The van der Waals surface area contributed by atoms with E-state index in [1.807, 2.05) is 0 Å². The van der Waals surface area contributed by atoms with Gasteiger partial charge in [0.2, 0.25) is 0 Å².